The van der Waals surface area contributed by atoms with Crippen molar-refractivity contribution in [2.45, 2.75) is 33.1 Å². The molecule has 0 bridgehead atoms. The Morgan fingerprint density at radius 2 is 1.89 bits per heavy atom. The minimum absolute atomic E-state index is 0.166. The number of hydrogen-bond donors (Lipinski definition) is 1. The van der Waals surface area contributed by atoms with E-state index in [-0.39, 0.29) is 18.1 Å². The number of amides is 1. The van der Waals surface area contributed by atoms with E-state index in [9.17, 15) is 9.18 Å². The van der Waals surface area contributed by atoms with Crippen LogP contribution in [0.3, 0.4) is 0 Å². The van der Waals surface area contributed by atoms with Crippen LogP contribution in [-0.2, 0) is 11.2 Å². The van der Waals surface area contributed by atoms with Crippen LogP contribution in [0.2, 0.25) is 0 Å². The molecule has 1 aliphatic rings. The molecule has 4 rings (SSSR count). The number of aryl methyl sites for hydroxylation is 2. The number of carbonyl (C=O) groups excluding carboxylic acids is 1. The molecule has 0 radical (unpaired) electrons. The Morgan fingerprint density at radius 3 is 2.68 bits per heavy atom. The van der Waals surface area contributed by atoms with Gasteiger partial charge in [-0.05, 0) is 62.1 Å². The fourth-order valence-corrected chi connectivity index (χ4v) is 4.00. The van der Waals surface area contributed by atoms with Crippen molar-refractivity contribution in [2.24, 2.45) is 0 Å². The molecular formula is C23H24FN3O. The first-order valence-corrected chi connectivity index (χ1v) is 9.71. The Hall–Kier alpha value is -2.95. The maximum absolute atomic E-state index is 14.1. The maximum Gasteiger partial charge on any atom is 0.228 e. The van der Waals surface area contributed by atoms with Gasteiger partial charge in [-0.2, -0.15) is 0 Å². The summed E-state index contributed by atoms with van der Waals surface area (Å²) in [4.78, 5) is 19.5. The third-order valence-electron chi connectivity index (χ3n) is 5.46. The molecular weight excluding hydrogens is 353 g/mol. The van der Waals surface area contributed by atoms with Crippen LogP contribution in [0.5, 0.6) is 0 Å². The van der Waals surface area contributed by atoms with Crippen molar-refractivity contribution in [2.75, 3.05) is 23.3 Å². The zero-order valence-electron chi connectivity index (χ0n) is 16.3. The maximum atomic E-state index is 14.1. The van der Waals surface area contributed by atoms with Crippen molar-refractivity contribution >= 4 is 28.2 Å². The van der Waals surface area contributed by atoms with Crippen molar-refractivity contribution in [3.8, 4) is 0 Å². The lowest BCUT2D eigenvalue weighted by Crippen LogP contribution is -2.19. The van der Waals surface area contributed by atoms with Gasteiger partial charge < -0.3 is 10.2 Å². The summed E-state index contributed by atoms with van der Waals surface area (Å²) in [6, 6.07) is 12.7. The Labute approximate surface area is 164 Å². The lowest BCUT2D eigenvalue weighted by Gasteiger charge is -2.19. The van der Waals surface area contributed by atoms with Gasteiger partial charge in [0.25, 0.3) is 0 Å². The van der Waals surface area contributed by atoms with Crippen LogP contribution in [-0.4, -0.2) is 24.0 Å². The number of carbonyl (C=O) groups is 1. The summed E-state index contributed by atoms with van der Waals surface area (Å²) >= 11 is 0. The molecule has 0 aliphatic carbocycles. The van der Waals surface area contributed by atoms with Crippen LogP contribution >= 0.6 is 0 Å². The molecule has 4 nitrogen and oxygen atoms in total. The summed E-state index contributed by atoms with van der Waals surface area (Å²) in [5, 5.41) is 3.92. The highest BCUT2D eigenvalue weighted by atomic mass is 19.1. The standard InChI is InChI=1S/C23H24FN3O/c1-15-20-7-3-4-8-22(20)25-16(2)21(15)14-23(28)26-18-11-17(24)12-19(13-18)27-9-5-6-10-27/h3-4,7-8,11-13H,5-6,9-10,14H2,1-2H3,(H,26,28). The lowest BCUT2D eigenvalue weighted by atomic mass is 9.99. The van der Waals surface area contributed by atoms with E-state index >= 15 is 0 Å². The van der Waals surface area contributed by atoms with E-state index in [2.05, 4.69) is 15.2 Å². The molecule has 1 aliphatic heterocycles. The molecule has 2 heterocycles. The number of rotatable bonds is 4. The number of nitrogens with one attached hydrogen (secondary N) is 1. The highest BCUT2D eigenvalue weighted by Gasteiger charge is 2.16. The number of nitrogens with zero attached hydrogens (tertiary/aromatic N) is 2. The van der Waals surface area contributed by atoms with Crippen molar-refractivity contribution in [3.63, 3.8) is 0 Å². The van der Waals surface area contributed by atoms with Crippen molar-refractivity contribution in [1.29, 1.82) is 0 Å². The number of aromatic nitrogens is 1. The third-order valence-corrected chi connectivity index (χ3v) is 5.46. The molecule has 0 unspecified atom stereocenters. The zero-order valence-corrected chi connectivity index (χ0v) is 16.3. The predicted octanol–water partition coefficient (Wildman–Crippen LogP) is 4.77. The summed E-state index contributed by atoms with van der Waals surface area (Å²) in [5.74, 6) is -0.499. The number of halogens is 1. The fraction of sp³-hybridized carbons (Fsp3) is 0.304. The lowest BCUT2D eigenvalue weighted by molar-refractivity contribution is -0.115. The first-order valence-electron chi connectivity index (χ1n) is 9.71. The smallest absolute Gasteiger partial charge is 0.228 e. The molecule has 5 heteroatoms. The molecule has 1 N–H and O–H groups in total. The van der Waals surface area contributed by atoms with Gasteiger partial charge in [-0.3, -0.25) is 9.78 Å². The second kappa shape index (κ2) is 7.58. The van der Waals surface area contributed by atoms with Gasteiger partial charge >= 0.3 is 0 Å². The molecule has 0 spiro atoms. The second-order valence-electron chi connectivity index (χ2n) is 7.44. The van der Waals surface area contributed by atoms with Crippen LogP contribution < -0.4 is 10.2 Å². The number of hydrogen-bond acceptors (Lipinski definition) is 3. The average Bonchev–Trinajstić information content (AvgIpc) is 3.19. The van der Waals surface area contributed by atoms with Gasteiger partial charge in [0.1, 0.15) is 5.82 Å². The second-order valence-corrected chi connectivity index (χ2v) is 7.44. The van der Waals surface area contributed by atoms with Crippen LogP contribution in [0.25, 0.3) is 10.9 Å². The molecule has 1 amide bonds. The van der Waals surface area contributed by atoms with E-state index in [4.69, 9.17) is 0 Å². The van der Waals surface area contributed by atoms with Gasteiger partial charge in [-0.15, -0.1) is 0 Å². The van der Waals surface area contributed by atoms with Crippen LogP contribution in [0.1, 0.15) is 29.7 Å². The first kappa shape index (κ1) is 18.4. The molecule has 0 saturated carbocycles. The van der Waals surface area contributed by atoms with E-state index < -0.39 is 0 Å². The Balaban J connectivity index is 1.56. The third kappa shape index (κ3) is 3.70. The number of anilines is 2. The summed E-state index contributed by atoms with van der Waals surface area (Å²) in [6.45, 7) is 5.80. The largest absolute Gasteiger partial charge is 0.371 e. The molecule has 144 valence electrons. The van der Waals surface area contributed by atoms with Crippen LogP contribution in [0, 0.1) is 19.7 Å². The summed E-state index contributed by atoms with van der Waals surface area (Å²) in [6.07, 6.45) is 2.45. The minimum Gasteiger partial charge on any atom is -0.371 e. The van der Waals surface area contributed by atoms with E-state index in [0.717, 1.165) is 59.3 Å². The van der Waals surface area contributed by atoms with Crippen molar-refractivity contribution < 1.29 is 9.18 Å². The molecule has 28 heavy (non-hydrogen) atoms. The van der Waals surface area contributed by atoms with E-state index in [1.54, 1.807) is 0 Å². The zero-order chi connectivity index (χ0) is 19.7. The first-order chi connectivity index (χ1) is 13.5. The molecule has 2 aromatic carbocycles. The molecule has 1 saturated heterocycles. The predicted molar refractivity (Wildman–Crippen MR) is 111 cm³/mol. The Bertz CT molecular complexity index is 1040. The summed E-state index contributed by atoms with van der Waals surface area (Å²) in [5.41, 5.74) is 5.09. The number of pyridine rings is 1. The van der Waals surface area contributed by atoms with Crippen LogP contribution in [0.4, 0.5) is 15.8 Å². The number of benzene rings is 2. The van der Waals surface area contributed by atoms with Gasteiger partial charge in [0.2, 0.25) is 5.91 Å². The van der Waals surface area contributed by atoms with E-state index in [0.29, 0.717) is 5.69 Å². The van der Waals surface area contributed by atoms with E-state index in [1.807, 2.05) is 44.2 Å². The highest BCUT2D eigenvalue weighted by Crippen LogP contribution is 2.26. The SMILES string of the molecule is Cc1nc2ccccc2c(C)c1CC(=O)Nc1cc(F)cc(N2CCCC2)c1. The number of fused-ring (bicyclic) bond motifs is 1. The topological polar surface area (TPSA) is 45.2 Å². The van der Waals surface area contributed by atoms with Gasteiger partial charge in [0, 0.05) is 35.5 Å². The Kier molecular flexibility index (Phi) is 4.99. The molecule has 0 atom stereocenters. The normalized spacial score (nSPS) is 13.9. The monoisotopic (exact) mass is 377 g/mol. The molecule has 1 aromatic heterocycles. The Morgan fingerprint density at radius 1 is 1.14 bits per heavy atom. The van der Waals surface area contributed by atoms with Crippen molar-refractivity contribution in [3.05, 3.63) is 65.1 Å². The van der Waals surface area contributed by atoms with E-state index in [1.165, 1.54) is 12.1 Å². The average molecular weight is 377 g/mol. The van der Waals surface area contributed by atoms with Gasteiger partial charge in [-0.25, -0.2) is 4.39 Å². The molecule has 3 aromatic rings. The fourth-order valence-electron chi connectivity index (χ4n) is 4.00. The van der Waals surface area contributed by atoms with Crippen molar-refractivity contribution in [1.82, 2.24) is 4.98 Å². The minimum atomic E-state index is -0.334. The highest BCUT2D eigenvalue weighted by molar-refractivity contribution is 5.94. The van der Waals surface area contributed by atoms with Crippen LogP contribution in [0.15, 0.2) is 42.5 Å². The summed E-state index contributed by atoms with van der Waals surface area (Å²) < 4.78 is 14.1. The number of para-hydroxylation sites is 1. The molecule has 1 fully saturated rings. The quantitative estimate of drug-likeness (QED) is 0.712. The van der Waals surface area contributed by atoms with Gasteiger partial charge in [-0.1, -0.05) is 18.2 Å². The van der Waals surface area contributed by atoms with Gasteiger partial charge in [0.15, 0.2) is 0 Å². The summed E-state index contributed by atoms with van der Waals surface area (Å²) in [7, 11) is 0. The van der Waals surface area contributed by atoms with Gasteiger partial charge in [0.05, 0.1) is 11.9 Å².